The summed E-state index contributed by atoms with van der Waals surface area (Å²) in [5.74, 6) is 0.0741. The molecule has 3 heterocycles. The fourth-order valence-corrected chi connectivity index (χ4v) is 2.21. The lowest BCUT2D eigenvalue weighted by Gasteiger charge is -2.32. The third-order valence-corrected chi connectivity index (χ3v) is 3.24. The Bertz CT molecular complexity index is 693. The Hall–Kier alpha value is -2.70. The second-order valence-electron chi connectivity index (χ2n) is 4.44. The van der Waals surface area contributed by atoms with Crippen molar-refractivity contribution in [1.29, 1.82) is 0 Å². The lowest BCUT2D eigenvalue weighted by atomic mass is 10.3. The van der Waals surface area contributed by atoms with Crippen LogP contribution in [0.1, 0.15) is 0 Å². The highest BCUT2D eigenvalue weighted by Gasteiger charge is 2.29. The van der Waals surface area contributed by atoms with E-state index in [9.17, 15) is 9.59 Å². The zero-order valence-corrected chi connectivity index (χ0v) is 10.8. The van der Waals surface area contributed by atoms with Crippen LogP contribution in [-0.2, 0) is 9.59 Å². The SMILES string of the molecule is C=CC(=O)N1CCN(c2nnc3ccccn23)C(=O)C1. The highest BCUT2D eigenvalue weighted by molar-refractivity contribution is 5.98. The summed E-state index contributed by atoms with van der Waals surface area (Å²) in [5.41, 5.74) is 0.680. The van der Waals surface area contributed by atoms with E-state index >= 15 is 0 Å². The molecule has 0 unspecified atom stereocenters. The molecule has 102 valence electrons. The molecule has 0 aliphatic carbocycles. The summed E-state index contributed by atoms with van der Waals surface area (Å²) in [6.45, 7) is 4.32. The van der Waals surface area contributed by atoms with E-state index in [0.29, 0.717) is 24.7 Å². The fourth-order valence-electron chi connectivity index (χ4n) is 2.21. The minimum atomic E-state index is -0.232. The predicted octanol–water partition coefficient (Wildman–Crippen LogP) is 0.0905. The van der Waals surface area contributed by atoms with Gasteiger partial charge < -0.3 is 4.90 Å². The van der Waals surface area contributed by atoms with E-state index in [4.69, 9.17) is 0 Å². The Morgan fingerprint density at radius 3 is 2.90 bits per heavy atom. The van der Waals surface area contributed by atoms with E-state index in [1.807, 2.05) is 18.2 Å². The zero-order valence-electron chi connectivity index (χ0n) is 10.8. The number of aromatic nitrogens is 3. The van der Waals surface area contributed by atoms with Gasteiger partial charge in [-0.15, -0.1) is 10.2 Å². The first-order chi connectivity index (χ1) is 9.70. The second kappa shape index (κ2) is 4.76. The number of carbonyl (C=O) groups excluding carboxylic acids is 2. The van der Waals surface area contributed by atoms with Crippen LogP contribution in [0.15, 0.2) is 37.1 Å². The third kappa shape index (κ3) is 1.93. The maximum absolute atomic E-state index is 12.2. The van der Waals surface area contributed by atoms with Gasteiger partial charge in [0.1, 0.15) is 6.54 Å². The number of hydrogen-bond donors (Lipinski definition) is 0. The molecule has 2 aromatic rings. The monoisotopic (exact) mass is 271 g/mol. The number of carbonyl (C=O) groups is 2. The van der Waals surface area contributed by atoms with Crippen LogP contribution in [0.2, 0.25) is 0 Å². The van der Waals surface area contributed by atoms with Crippen molar-refractivity contribution in [3.8, 4) is 0 Å². The molecule has 0 aromatic carbocycles. The maximum atomic E-state index is 12.2. The van der Waals surface area contributed by atoms with Gasteiger partial charge in [0.05, 0.1) is 0 Å². The van der Waals surface area contributed by atoms with E-state index in [1.165, 1.54) is 11.0 Å². The number of anilines is 1. The first-order valence-corrected chi connectivity index (χ1v) is 6.22. The van der Waals surface area contributed by atoms with Gasteiger partial charge in [0.2, 0.25) is 17.8 Å². The lowest BCUT2D eigenvalue weighted by molar-refractivity contribution is -0.133. The molecule has 2 aromatic heterocycles. The molecule has 1 aliphatic heterocycles. The molecule has 0 radical (unpaired) electrons. The van der Waals surface area contributed by atoms with Crippen molar-refractivity contribution >= 4 is 23.4 Å². The molecule has 0 N–H and O–H groups in total. The van der Waals surface area contributed by atoms with Crippen molar-refractivity contribution in [2.45, 2.75) is 0 Å². The number of nitrogens with zero attached hydrogens (tertiary/aromatic N) is 5. The van der Waals surface area contributed by atoms with Crippen LogP contribution in [0.25, 0.3) is 5.65 Å². The topological polar surface area (TPSA) is 70.8 Å². The smallest absolute Gasteiger partial charge is 0.249 e. The normalized spacial score (nSPS) is 15.7. The number of hydrogen-bond acceptors (Lipinski definition) is 4. The number of piperazine rings is 1. The summed E-state index contributed by atoms with van der Waals surface area (Å²) >= 11 is 0. The van der Waals surface area contributed by atoms with Crippen molar-refractivity contribution in [3.63, 3.8) is 0 Å². The summed E-state index contributed by atoms with van der Waals surface area (Å²) in [5, 5.41) is 8.07. The lowest BCUT2D eigenvalue weighted by Crippen LogP contribution is -2.52. The van der Waals surface area contributed by atoms with E-state index < -0.39 is 0 Å². The summed E-state index contributed by atoms with van der Waals surface area (Å²) in [6.07, 6.45) is 3.02. The van der Waals surface area contributed by atoms with Gasteiger partial charge in [-0.05, 0) is 18.2 Å². The Kier molecular flexibility index (Phi) is 2.94. The average Bonchev–Trinajstić information content (AvgIpc) is 2.90. The van der Waals surface area contributed by atoms with Gasteiger partial charge in [0, 0.05) is 19.3 Å². The van der Waals surface area contributed by atoms with Gasteiger partial charge in [0.25, 0.3) is 0 Å². The molecule has 0 atom stereocenters. The molecular formula is C13H13N5O2. The van der Waals surface area contributed by atoms with Crippen LogP contribution in [0.4, 0.5) is 5.95 Å². The molecular weight excluding hydrogens is 258 g/mol. The summed E-state index contributed by atoms with van der Waals surface area (Å²) in [4.78, 5) is 26.7. The molecule has 3 rings (SSSR count). The van der Waals surface area contributed by atoms with Crippen LogP contribution >= 0.6 is 0 Å². The molecule has 7 nitrogen and oxygen atoms in total. The van der Waals surface area contributed by atoms with Crippen LogP contribution < -0.4 is 4.90 Å². The molecule has 1 saturated heterocycles. The highest BCUT2D eigenvalue weighted by Crippen LogP contribution is 2.16. The molecule has 0 saturated carbocycles. The maximum Gasteiger partial charge on any atom is 0.249 e. The van der Waals surface area contributed by atoms with Crippen LogP contribution in [0.5, 0.6) is 0 Å². The van der Waals surface area contributed by atoms with Crippen LogP contribution in [-0.4, -0.2) is 50.9 Å². The van der Waals surface area contributed by atoms with Crippen molar-refractivity contribution < 1.29 is 9.59 Å². The van der Waals surface area contributed by atoms with Gasteiger partial charge in [-0.3, -0.25) is 18.9 Å². The first-order valence-electron chi connectivity index (χ1n) is 6.22. The fraction of sp³-hybridized carbons (Fsp3) is 0.231. The number of pyridine rings is 1. The summed E-state index contributed by atoms with van der Waals surface area (Å²) in [6, 6.07) is 5.52. The van der Waals surface area contributed by atoms with Gasteiger partial charge >= 0.3 is 0 Å². The zero-order chi connectivity index (χ0) is 14.1. The van der Waals surface area contributed by atoms with Crippen molar-refractivity contribution in [2.75, 3.05) is 24.5 Å². The average molecular weight is 271 g/mol. The van der Waals surface area contributed by atoms with Crippen LogP contribution in [0, 0.1) is 0 Å². The number of amides is 2. The highest BCUT2D eigenvalue weighted by atomic mass is 16.2. The van der Waals surface area contributed by atoms with E-state index in [2.05, 4.69) is 16.8 Å². The molecule has 20 heavy (non-hydrogen) atoms. The van der Waals surface area contributed by atoms with E-state index in [-0.39, 0.29) is 18.4 Å². The molecule has 7 heteroatoms. The molecule has 1 fully saturated rings. The Balaban J connectivity index is 1.87. The third-order valence-electron chi connectivity index (χ3n) is 3.24. The first kappa shape index (κ1) is 12.3. The predicted molar refractivity (Wildman–Crippen MR) is 72.1 cm³/mol. The standard InChI is InChI=1S/C13H13N5O2/c1-2-11(19)16-7-8-18(12(20)9-16)13-15-14-10-5-3-4-6-17(10)13/h2-6H,1,7-9H2. The molecule has 1 aliphatic rings. The minimum absolute atomic E-state index is 0.0343. The van der Waals surface area contributed by atoms with E-state index in [0.717, 1.165) is 0 Å². The summed E-state index contributed by atoms with van der Waals surface area (Å²) in [7, 11) is 0. The van der Waals surface area contributed by atoms with Gasteiger partial charge in [-0.2, -0.15) is 0 Å². The quantitative estimate of drug-likeness (QED) is 0.726. The Labute approximate surface area is 115 Å². The number of rotatable bonds is 2. The van der Waals surface area contributed by atoms with Crippen molar-refractivity contribution in [2.24, 2.45) is 0 Å². The Morgan fingerprint density at radius 2 is 2.15 bits per heavy atom. The molecule has 0 bridgehead atoms. The summed E-state index contributed by atoms with van der Waals surface area (Å²) < 4.78 is 1.75. The second-order valence-corrected chi connectivity index (χ2v) is 4.44. The van der Waals surface area contributed by atoms with E-state index in [1.54, 1.807) is 15.5 Å². The minimum Gasteiger partial charge on any atom is -0.328 e. The van der Waals surface area contributed by atoms with Crippen molar-refractivity contribution in [3.05, 3.63) is 37.1 Å². The van der Waals surface area contributed by atoms with Crippen LogP contribution in [0.3, 0.4) is 0 Å². The van der Waals surface area contributed by atoms with Gasteiger partial charge in [-0.25, -0.2) is 0 Å². The van der Waals surface area contributed by atoms with Gasteiger partial charge in [0.15, 0.2) is 5.65 Å². The van der Waals surface area contributed by atoms with Crippen molar-refractivity contribution in [1.82, 2.24) is 19.5 Å². The van der Waals surface area contributed by atoms with Gasteiger partial charge in [-0.1, -0.05) is 12.6 Å². The Morgan fingerprint density at radius 1 is 1.30 bits per heavy atom. The largest absolute Gasteiger partial charge is 0.328 e. The molecule has 2 amide bonds. The molecule has 0 spiro atoms. The number of fused-ring (bicyclic) bond motifs is 1.